The second-order valence-electron chi connectivity index (χ2n) is 5.50. The number of amides is 1. The third kappa shape index (κ3) is 3.93. The molecule has 0 spiro atoms. The third-order valence-electron chi connectivity index (χ3n) is 3.38. The van der Waals surface area contributed by atoms with Crippen LogP contribution in [0.2, 0.25) is 0 Å². The molecule has 1 aromatic rings. The highest BCUT2D eigenvalue weighted by Gasteiger charge is 2.23. The predicted octanol–water partition coefficient (Wildman–Crippen LogP) is 1.90. The molecule has 0 radical (unpaired) electrons. The summed E-state index contributed by atoms with van der Waals surface area (Å²) in [5.74, 6) is 0.304. The first kappa shape index (κ1) is 14.8. The van der Waals surface area contributed by atoms with Gasteiger partial charge in [-0.05, 0) is 51.7 Å². The highest BCUT2D eigenvalue weighted by Crippen LogP contribution is 2.21. The van der Waals surface area contributed by atoms with E-state index in [-0.39, 0.29) is 24.2 Å². The highest BCUT2D eigenvalue weighted by molar-refractivity contribution is 5.95. The summed E-state index contributed by atoms with van der Waals surface area (Å²) in [4.78, 5) is 16.4. The highest BCUT2D eigenvalue weighted by atomic mass is 16.5. The van der Waals surface area contributed by atoms with Gasteiger partial charge in [-0.25, -0.2) is 4.98 Å². The van der Waals surface area contributed by atoms with Crippen molar-refractivity contribution in [2.45, 2.75) is 57.8 Å². The minimum atomic E-state index is -0.224. The van der Waals surface area contributed by atoms with Crippen molar-refractivity contribution >= 4 is 5.91 Å². The molecule has 20 heavy (non-hydrogen) atoms. The lowest BCUT2D eigenvalue weighted by Gasteiger charge is -2.26. The van der Waals surface area contributed by atoms with Gasteiger partial charge in [0.2, 0.25) is 0 Å². The number of aliphatic hydroxyl groups is 1. The quantitative estimate of drug-likeness (QED) is 0.882. The van der Waals surface area contributed by atoms with Gasteiger partial charge in [0, 0.05) is 12.2 Å². The molecule has 2 N–H and O–H groups in total. The summed E-state index contributed by atoms with van der Waals surface area (Å²) in [5, 5.41) is 12.5. The van der Waals surface area contributed by atoms with Crippen LogP contribution in [0.15, 0.2) is 18.3 Å². The average Bonchev–Trinajstić information content (AvgIpc) is 2.41. The van der Waals surface area contributed by atoms with Crippen LogP contribution in [0, 0.1) is 0 Å². The van der Waals surface area contributed by atoms with Crippen LogP contribution in [-0.4, -0.2) is 34.2 Å². The van der Waals surface area contributed by atoms with Gasteiger partial charge in [-0.3, -0.25) is 4.79 Å². The Balaban J connectivity index is 2.01. The summed E-state index contributed by atoms with van der Waals surface area (Å²) in [7, 11) is 0. The maximum atomic E-state index is 12.3. The number of nitrogens with zero attached hydrogens (tertiary/aromatic N) is 1. The van der Waals surface area contributed by atoms with Crippen LogP contribution < -0.4 is 10.1 Å². The summed E-state index contributed by atoms with van der Waals surface area (Å²) < 4.78 is 5.61. The molecule has 1 aliphatic rings. The number of ether oxygens (including phenoxy) is 1. The first-order valence-corrected chi connectivity index (χ1v) is 7.17. The number of carbonyl (C=O) groups excluding carboxylic acids is 1. The topological polar surface area (TPSA) is 71.5 Å². The zero-order chi connectivity index (χ0) is 14.5. The second kappa shape index (κ2) is 6.70. The Kier molecular flexibility index (Phi) is 4.95. The van der Waals surface area contributed by atoms with Crippen LogP contribution in [0.5, 0.6) is 5.75 Å². The summed E-state index contributed by atoms with van der Waals surface area (Å²) in [6, 6.07) is 3.62. The van der Waals surface area contributed by atoms with Crippen LogP contribution in [0.3, 0.4) is 0 Å². The molecule has 1 fully saturated rings. The fourth-order valence-corrected chi connectivity index (χ4v) is 2.38. The standard InChI is InChI=1S/C15H22N2O3/c1-10(2)20-13-4-3-9-16-14(13)15(19)17-11-5-7-12(18)8-6-11/h3-4,9-12,18H,5-8H2,1-2H3,(H,17,19). The lowest BCUT2D eigenvalue weighted by Crippen LogP contribution is -2.39. The van der Waals surface area contributed by atoms with Gasteiger partial charge in [-0.2, -0.15) is 0 Å². The zero-order valence-electron chi connectivity index (χ0n) is 12.0. The van der Waals surface area contributed by atoms with Crippen molar-refractivity contribution in [1.82, 2.24) is 10.3 Å². The fraction of sp³-hybridized carbons (Fsp3) is 0.600. The van der Waals surface area contributed by atoms with Crippen molar-refractivity contribution in [3.8, 4) is 5.75 Å². The van der Waals surface area contributed by atoms with Gasteiger partial charge in [-0.15, -0.1) is 0 Å². The number of carbonyl (C=O) groups is 1. The second-order valence-corrected chi connectivity index (χ2v) is 5.50. The molecule has 0 aliphatic heterocycles. The van der Waals surface area contributed by atoms with Crippen LogP contribution in [0.25, 0.3) is 0 Å². The monoisotopic (exact) mass is 278 g/mol. The van der Waals surface area contributed by atoms with E-state index in [9.17, 15) is 9.90 Å². The first-order valence-electron chi connectivity index (χ1n) is 7.17. The SMILES string of the molecule is CC(C)Oc1cccnc1C(=O)NC1CCC(O)CC1. The Morgan fingerprint density at radius 2 is 2.10 bits per heavy atom. The summed E-state index contributed by atoms with van der Waals surface area (Å²) in [6.45, 7) is 3.83. The normalized spacial score (nSPS) is 22.6. The van der Waals surface area contributed by atoms with Crippen molar-refractivity contribution in [2.24, 2.45) is 0 Å². The molecule has 0 unspecified atom stereocenters. The van der Waals surface area contributed by atoms with Crippen molar-refractivity contribution in [1.29, 1.82) is 0 Å². The van der Waals surface area contributed by atoms with E-state index in [0.717, 1.165) is 25.7 Å². The fourth-order valence-electron chi connectivity index (χ4n) is 2.38. The molecule has 5 nitrogen and oxygen atoms in total. The molecule has 5 heteroatoms. The van der Waals surface area contributed by atoms with Gasteiger partial charge in [0.1, 0.15) is 0 Å². The van der Waals surface area contributed by atoms with Crippen LogP contribution >= 0.6 is 0 Å². The maximum absolute atomic E-state index is 12.3. The van der Waals surface area contributed by atoms with E-state index < -0.39 is 0 Å². The molecule has 1 aromatic heterocycles. The largest absolute Gasteiger partial charge is 0.489 e. The van der Waals surface area contributed by atoms with Crippen LogP contribution in [-0.2, 0) is 0 Å². The van der Waals surface area contributed by atoms with E-state index in [1.807, 2.05) is 13.8 Å². The third-order valence-corrected chi connectivity index (χ3v) is 3.38. The summed E-state index contributed by atoms with van der Waals surface area (Å²) >= 11 is 0. The number of hydrogen-bond acceptors (Lipinski definition) is 4. The minimum Gasteiger partial charge on any atom is -0.489 e. The van der Waals surface area contributed by atoms with Crippen molar-refractivity contribution in [3.63, 3.8) is 0 Å². The number of hydrogen-bond donors (Lipinski definition) is 2. The lowest BCUT2D eigenvalue weighted by molar-refractivity contribution is 0.0857. The summed E-state index contributed by atoms with van der Waals surface area (Å²) in [5.41, 5.74) is 0.326. The maximum Gasteiger partial charge on any atom is 0.273 e. The predicted molar refractivity (Wildman–Crippen MR) is 75.7 cm³/mol. The molecule has 0 saturated heterocycles. The number of pyridine rings is 1. The minimum absolute atomic E-state index is 0.00409. The van der Waals surface area contributed by atoms with Crippen LogP contribution in [0.1, 0.15) is 50.0 Å². The number of rotatable bonds is 4. The van der Waals surface area contributed by atoms with Gasteiger partial charge in [0.05, 0.1) is 12.2 Å². The molecular formula is C15H22N2O3. The van der Waals surface area contributed by atoms with Gasteiger partial charge in [0.25, 0.3) is 5.91 Å². The van der Waals surface area contributed by atoms with E-state index in [1.165, 1.54) is 0 Å². The Bertz CT molecular complexity index is 454. The Labute approximate surface area is 119 Å². The Hall–Kier alpha value is -1.62. The van der Waals surface area contributed by atoms with E-state index in [4.69, 9.17) is 4.74 Å². The molecule has 0 bridgehead atoms. The first-order chi connectivity index (χ1) is 9.56. The smallest absolute Gasteiger partial charge is 0.273 e. The zero-order valence-corrected chi connectivity index (χ0v) is 12.0. The van der Waals surface area contributed by atoms with Crippen molar-refractivity contribution in [3.05, 3.63) is 24.0 Å². The molecule has 110 valence electrons. The molecule has 0 atom stereocenters. The molecule has 0 aromatic carbocycles. The summed E-state index contributed by atoms with van der Waals surface area (Å²) in [6.07, 6.45) is 4.45. The van der Waals surface area contributed by atoms with Crippen LogP contribution in [0.4, 0.5) is 0 Å². The molecule has 1 aliphatic carbocycles. The number of nitrogens with one attached hydrogen (secondary N) is 1. The van der Waals surface area contributed by atoms with E-state index in [2.05, 4.69) is 10.3 Å². The molecular weight excluding hydrogens is 256 g/mol. The van der Waals surface area contributed by atoms with Gasteiger partial charge < -0.3 is 15.2 Å². The van der Waals surface area contributed by atoms with Gasteiger partial charge in [-0.1, -0.05) is 0 Å². The molecule has 1 saturated carbocycles. The van der Waals surface area contributed by atoms with Gasteiger partial charge in [0.15, 0.2) is 11.4 Å². The molecule has 2 rings (SSSR count). The number of aromatic nitrogens is 1. The Morgan fingerprint density at radius 1 is 1.40 bits per heavy atom. The molecule has 1 heterocycles. The molecule has 1 amide bonds. The van der Waals surface area contributed by atoms with E-state index in [0.29, 0.717) is 11.4 Å². The Morgan fingerprint density at radius 3 is 2.75 bits per heavy atom. The average molecular weight is 278 g/mol. The van der Waals surface area contributed by atoms with Crippen molar-refractivity contribution in [2.75, 3.05) is 0 Å². The van der Waals surface area contributed by atoms with E-state index >= 15 is 0 Å². The van der Waals surface area contributed by atoms with Gasteiger partial charge >= 0.3 is 0 Å². The van der Waals surface area contributed by atoms with Crippen molar-refractivity contribution < 1.29 is 14.6 Å². The number of aliphatic hydroxyl groups excluding tert-OH is 1. The van der Waals surface area contributed by atoms with E-state index in [1.54, 1.807) is 18.3 Å². The lowest BCUT2D eigenvalue weighted by atomic mass is 9.93.